The highest BCUT2D eigenvalue weighted by molar-refractivity contribution is 7.99. The van der Waals surface area contributed by atoms with Gasteiger partial charge in [0.15, 0.2) is 5.16 Å². The number of imidazole rings is 1. The summed E-state index contributed by atoms with van der Waals surface area (Å²) in [6.45, 7) is 2.32. The summed E-state index contributed by atoms with van der Waals surface area (Å²) in [6.07, 6.45) is 3.84. The predicted molar refractivity (Wildman–Crippen MR) is 113 cm³/mol. The molecule has 0 aliphatic rings. The van der Waals surface area contributed by atoms with E-state index in [1.54, 1.807) is 11.1 Å². The molecule has 0 unspecified atom stereocenters. The summed E-state index contributed by atoms with van der Waals surface area (Å²) >= 11 is 7.60. The second kappa shape index (κ2) is 9.45. The molecule has 0 N–H and O–H groups in total. The Morgan fingerprint density at radius 2 is 2.04 bits per heavy atom. The summed E-state index contributed by atoms with van der Waals surface area (Å²) in [4.78, 5) is 18.9. The Morgan fingerprint density at radius 1 is 1.25 bits per heavy atom. The van der Waals surface area contributed by atoms with Gasteiger partial charge in [-0.25, -0.2) is 4.98 Å². The van der Waals surface area contributed by atoms with E-state index in [1.807, 2.05) is 66.2 Å². The minimum atomic E-state index is -0.0659. The fourth-order valence-corrected chi connectivity index (χ4v) is 3.82. The van der Waals surface area contributed by atoms with E-state index in [0.717, 1.165) is 16.9 Å². The number of halogens is 1. The third kappa shape index (κ3) is 4.56. The third-order valence-corrected chi connectivity index (χ3v) is 5.61. The molecule has 2 aromatic carbocycles. The van der Waals surface area contributed by atoms with E-state index in [2.05, 4.69) is 11.1 Å². The van der Waals surface area contributed by atoms with Gasteiger partial charge in [-0.1, -0.05) is 47.6 Å². The van der Waals surface area contributed by atoms with Gasteiger partial charge in [0.05, 0.1) is 23.9 Å². The lowest BCUT2D eigenvalue weighted by molar-refractivity contribution is -0.116. The van der Waals surface area contributed by atoms with Crippen LogP contribution in [0.2, 0.25) is 5.02 Å². The minimum absolute atomic E-state index is 0.0659. The van der Waals surface area contributed by atoms with Gasteiger partial charge in [0.2, 0.25) is 5.91 Å². The highest BCUT2D eigenvalue weighted by atomic mass is 35.5. The molecular weight excluding hydrogens is 392 g/mol. The Bertz CT molecular complexity index is 997. The first kappa shape index (κ1) is 20.0. The van der Waals surface area contributed by atoms with Gasteiger partial charge >= 0.3 is 0 Å². The molecule has 0 atom stereocenters. The first-order chi connectivity index (χ1) is 13.6. The Hall–Kier alpha value is -2.75. The standard InChI is InChI=1S/C21H19ClN4OS/c1-16-18(22)9-5-10-19(16)26-14-12-24-21(26)28-15-20(27)25(13-6-11-23)17-7-3-2-4-8-17/h2-5,7-10,12,14H,6,13,15H2,1H3. The number of nitriles is 1. The summed E-state index contributed by atoms with van der Waals surface area (Å²) in [5, 5.41) is 10.3. The highest BCUT2D eigenvalue weighted by Crippen LogP contribution is 2.27. The Balaban J connectivity index is 1.77. The van der Waals surface area contributed by atoms with Gasteiger partial charge in [0.1, 0.15) is 0 Å². The van der Waals surface area contributed by atoms with Crippen LogP contribution < -0.4 is 4.90 Å². The molecule has 0 aliphatic heterocycles. The number of carbonyl (C=O) groups is 1. The molecule has 1 aromatic heterocycles. The van der Waals surface area contributed by atoms with E-state index >= 15 is 0 Å². The van der Waals surface area contributed by atoms with E-state index in [0.29, 0.717) is 16.7 Å². The summed E-state index contributed by atoms with van der Waals surface area (Å²) in [6, 6.07) is 17.2. The van der Waals surface area contributed by atoms with Crippen LogP contribution in [0.5, 0.6) is 0 Å². The molecule has 1 amide bonds. The minimum Gasteiger partial charge on any atom is -0.311 e. The maximum Gasteiger partial charge on any atom is 0.237 e. The summed E-state index contributed by atoms with van der Waals surface area (Å²) in [5.41, 5.74) is 2.68. The van der Waals surface area contributed by atoms with Crippen LogP contribution in [-0.2, 0) is 4.79 Å². The van der Waals surface area contributed by atoms with Crippen molar-refractivity contribution in [1.29, 1.82) is 5.26 Å². The van der Waals surface area contributed by atoms with E-state index in [-0.39, 0.29) is 18.1 Å². The number of anilines is 1. The second-order valence-corrected chi connectivity index (χ2v) is 7.39. The molecule has 0 spiro atoms. The molecule has 0 fully saturated rings. The fraction of sp³-hybridized carbons (Fsp3) is 0.190. The first-order valence-corrected chi connectivity index (χ1v) is 10.1. The van der Waals surface area contributed by atoms with E-state index in [9.17, 15) is 4.79 Å². The molecule has 5 nitrogen and oxygen atoms in total. The normalized spacial score (nSPS) is 10.5. The first-order valence-electron chi connectivity index (χ1n) is 8.76. The molecule has 3 rings (SSSR count). The van der Waals surface area contributed by atoms with Crippen LogP contribution in [0.15, 0.2) is 66.1 Å². The number of hydrogen-bond donors (Lipinski definition) is 0. The van der Waals surface area contributed by atoms with Crippen LogP contribution in [0.25, 0.3) is 5.69 Å². The molecule has 0 saturated heterocycles. The van der Waals surface area contributed by atoms with Crippen molar-refractivity contribution in [2.75, 3.05) is 17.2 Å². The van der Waals surface area contributed by atoms with Crippen LogP contribution >= 0.6 is 23.4 Å². The highest BCUT2D eigenvalue weighted by Gasteiger charge is 2.17. The number of nitrogens with zero attached hydrogens (tertiary/aromatic N) is 4. The maximum atomic E-state index is 12.9. The molecule has 7 heteroatoms. The molecule has 0 bridgehead atoms. The van der Waals surface area contributed by atoms with Crippen molar-refractivity contribution in [3.05, 3.63) is 71.5 Å². The SMILES string of the molecule is Cc1c(Cl)cccc1-n1ccnc1SCC(=O)N(CCC#N)c1ccccc1. The van der Waals surface area contributed by atoms with Crippen molar-refractivity contribution < 1.29 is 4.79 Å². The molecular formula is C21H19ClN4OS. The third-order valence-electron chi connectivity index (χ3n) is 4.25. The number of para-hydroxylation sites is 1. The van der Waals surface area contributed by atoms with Gasteiger partial charge in [-0.05, 0) is 36.8 Å². The number of benzene rings is 2. The predicted octanol–water partition coefficient (Wildman–Crippen LogP) is 4.87. The van der Waals surface area contributed by atoms with Crippen LogP contribution in [0.1, 0.15) is 12.0 Å². The monoisotopic (exact) mass is 410 g/mol. The number of thioether (sulfide) groups is 1. The lowest BCUT2D eigenvalue weighted by Gasteiger charge is -2.21. The van der Waals surface area contributed by atoms with Crippen molar-refractivity contribution in [2.24, 2.45) is 0 Å². The van der Waals surface area contributed by atoms with Gasteiger partial charge in [0.25, 0.3) is 0 Å². The quantitative estimate of drug-likeness (QED) is 0.521. The number of amides is 1. The van der Waals surface area contributed by atoms with Crippen molar-refractivity contribution in [2.45, 2.75) is 18.5 Å². The number of carbonyl (C=O) groups excluding carboxylic acids is 1. The number of rotatable bonds is 7. The van der Waals surface area contributed by atoms with E-state index < -0.39 is 0 Å². The lowest BCUT2D eigenvalue weighted by atomic mass is 10.2. The Kier molecular flexibility index (Phi) is 6.75. The van der Waals surface area contributed by atoms with Crippen LogP contribution in [0.3, 0.4) is 0 Å². The van der Waals surface area contributed by atoms with Crippen LogP contribution in [-0.4, -0.2) is 27.8 Å². The average molecular weight is 411 g/mol. The lowest BCUT2D eigenvalue weighted by Crippen LogP contribution is -2.33. The zero-order valence-electron chi connectivity index (χ0n) is 15.4. The number of aromatic nitrogens is 2. The van der Waals surface area contributed by atoms with Gasteiger partial charge in [-0.15, -0.1) is 0 Å². The van der Waals surface area contributed by atoms with Gasteiger partial charge in [-0.3, -0.25) is 9.36 Å². The van der Waals surface area contributed by atoms with Gasteiger partial charge < -0.3 is 4.90 Å². The van der Waals surface area contributed by atoms with Gasteiger partial charge in [-0.2, -0.15) is 5.26 Å². The Morgan fingerprint density at radius 3 is 2.79 bits per heavy atom. The fourth-order valence-electron chi connectivity index (χ4n) is 2.81. The number of hydrogen-bond acceptors (Lipinski definition) is 4. The smallest absolute Gasteiger partial charge is 0.237 e. The molecule has 142 valence electrons. The molecule has 0 saturated carbocycles. The largest absolute Gasteiger partial charge is 0.311 e. The topological polar surface area (TPSA) is 61.9 Å². The summed E-state index contributed by atoms with van der Waals surface area (Å²) in [5.74, 6) is 0.153. The van der Waals surface area contributed by atoms with Crippen molar-refractivity contribution in [3.63, 3.8) is 0 Å². The zero-order chi connectivity index (χ0) is 19.9. The zero-order valence-corrected chi connectivity index (χ0v) is 17.0. The van der Waals surface area contributed by atoms with Crippen molar-refractivity contribution in [1.82, 2.24) is 9.55 Å². The molecule has 0 aliphatic carbocycles. The Labute approximate surface area is 173 Å². The van der Waals surface area contributed by atoms with Gasteiger partial charge in [0, 0.05) is 29.6 Å². The molecule has 28 heavy (non-hydrogen) atoms. The van der Waals surface area contributed by atoms with Crippen molar-refractivity contribution in [3.8, 4) is 11.8 Å². The molecule has 1 heterocycles. The average Bonchev–Trinajstić information content (AvgIpc) is 3.18. The summed E-state index contributed by atoms with van der Waals surface area (Å²) in [7, 11) is 0. The second-order valence-electron chi connectivity index (χ2n) is 6.04. The van der Waals surface area contributed by atoms with E-state index in [4.69, 9.17) is 16.9 Å². The van der Waals surface area contributed by atoms with Crippen LogP contribution in [0, 0.1) is 18.3 Å². The maximum absolute atomic E-state index is 12.9. The summed E-state index contributed by atoms with van der Waals surface area (Å²) < 4.78 is 1.93. The van der Waals surface area contributed by atoms with E-state index in [1.165, 1.54) is 11.8 Å². The molecule has 3 aromatic rings. The molecule has 0 radical (unpaired) electrons. The van der Waals surface area contributed by atoms with Crippen molar-refractivity contribution >= 4 is 35.0 Å². The van der Waals surface area contributed by atoms with Crippen LogP contribution in [0.4, 0.5) is 5.69 Å².